The molecule has 0 unspecified atom stereocenters. The third-order valence-corrected chi connectivity index (χ3v) is 4.63. The number of nitrogens with one attached hydrogen (secondary N) is 1. The first-order valence-corrected chi connectivity index (χ1v) is 8.88. The van der Waals surface area contributed by atoms with Crippen LogP contribution in [0.1, 0.15) is 26.5 Å². The molecular formula is C19H17FN4O2S. The Bertz CT molecular complexity index is 987. The molecule has 8 heteroatoms. The maximum absolute atomic E-state index is 13.7. The minimum absolute atomic E-state index is 0.0865. The number of carbonyl (C=O) groups is 1. The first-order chi connectivity index (χ1) is 13.0. The summed E-state index contributed by atoms with van der Waals surface area (Å²) in [5.41, 5.74) is 9.69. The standard InChI is InChI=1S/C19H17FN4O2S/c1-12-17(27-19(21)23-12)18(25)24-22-10-13-6-3-5-9-16(13)26-11-14-7-2-4-8-15(14)20/h2-10H,11H2,1H3,(H2,21,23)(H,24,25)/b22-10-. The van der Waals surface area contributed by atoms with Crippen LogP contribution in [-0.4, -0.2) is 17.1 Å². The van der Waals surface area contributed by atoms with Crippen molar-refractivity contribution >= 4 is 28.6 Å². The number of anilines is 1. The van der Waals surface area contributed by atoms with Gasteiger partial charge in [0.15, 0.2) is 5.13 Å². The molecule has 138 valence electrons. The van der Waals surface area contributed by atoms with Gasteiger partial charge in [-0.05, 0) is 25.1 Å². The Kier molecular flexibility index (Phi) is 5.77. The van der Waals surface area contributed by atoms with Crippen molar-refractivity contribution < 1.29 is 13.9 Å². The number of aromatic nitrogens is 1. The predicted molar refractivity (Wildman–Crippen MR) is 103 cm³/mol. The molecule has 0 radical (unpaired) electrons. The van der Waals surface area contributed by atoms with E-state index in [1.54, 1.807) is 43.3 Å². The fourth-order valence-corrected chi connectivity index (χ4v) is 3.05. The van der Waals surface area contributed by atoms with Gasteiger partial charge in [-0.3, -0.25) is 4.79 Å². The zero-order valence-electron chi connectivity index (χ0n) is 14.5. The number of rotatable bonds is 6. The fourth-order valence-electron chi connectivity index (χ4n) is 2.33. The number of halogens is 1. The van der Waals surface area contributed by atoms with E-state index in [9.17, 15) is 9.18 Å². The molecule has 0 aliphatic carbocycles. The lowest BCUT2D eigenvalue weighted by molar-refractivity contribution is 0.0958. The number of nitrogen functional groups attached to an aromatic ring is 1. The van der Waals surface area contributed by atoms with Crippen LogP contribution in [-0.2, 0) is 6.61 Å². The Hall–Kier alpha value is -3.26. The van der Waals surface area contributed by atoms with Crippen LogP contribution in [0, 0.1) is 12.7 Å². The van der Waals surface area contributed by atoms with Crippen LogP contribution in [0.15, 0.2) is 53.6 Å². The highest BCUT2D eigenvalue weighted by atomic mass is 32.1. The SMILES string of the molecule is Cc1nc(N)sc1C(=O)N/N=C\c1ccccc1OCc1ccccc1F. The van der Waals surface area contributed by atoms with Crippen molar-refractivity contribution in [3.8, 4) is 5.75 Å². The van der Waals surface area contributed by atoms with E-state index in [1.165, 1.54) is 12.3 Å². The van der Waals surface area contributed by atoms with Crippen molar-refractivity contribution in [3.05, 3.63) is 76.0 Å². The predicted octanol–water partition coefficient (Wildman–Crippen LogP) is 3.52. The van der Waals surface area contributed by atoms with Crippen molar-refractivity contribution in [2.24, 2.45) is 5.10 Å². The van der Waals surface area contributed by atoms with Crippen LogP contribution < -0.4 is 15.9 Å². The first-order valence-electron chi connectivity index (χ1n) is 8.06. The Balaban J connectivity index is 1.67. The average Bonchev–Trinajstić information content (AvgIpc) is 3.00. The number of benzene rings is 2. The second kappa shape index (κ2) is 8.41. The molecule has 0 aliphatic rings. The number of nitrogens with two attached hydrogens (primary N) is 1. The molecule has 3 N–H and O–H groups in total. The summed E-state index contributed by atoms with van der Waals surface area (Å²) < 4.78 is 19.4. The third kappa shape index (κ3) is 4.68. The molecule has 0 aliphatic heterocycles. The molecular weight excluding hydrogens is 367 g/mol. The molecule has 27 heavy (non-hydrogen) atoms. The number of nitrogens with zero attached hydrogens (tertiary/aromatic N) is 2. The van der Waals surface area contributed by atoms with Gasteiger partial charge in [0.2, 0.25) is 0 Å². The van der Waals surface area contributed by atoms with Crippen molar-refractivity contribution in [2.45, 2.75) is 13.5 Å². The Labute approximate surface area is 159 Å². The van der Waals surface area contributed by atoms with Gasteiger partial charge in [0.25, 0.3) is 5.91 Å². The van der Waals surface area contributed by atoms with E-state index in [4.69, 9.17) is 10.5 Å². The second-order valence-electron chi connectivity index (χ2n) is 5.58. The van der Waals surface area contributed by atoms with Gasteiger partial charge in [-0.15, -0.1) is 0 Å². The van der Waals surface area contributed by atoms with E-state index >= 15 is 0 Å². The van der Waals surface area contributed by atoms with Crippen molar-refractivity contribution in [2.75, 3.05) is 5.73 Å². The van der Waals surface area contributed by atoms with E-state index in [0.717, 1.165) is 11.3 Å². The molecule has 3 rings (SSSR count). The zero-order chi connectivity index (χ0) is 19.2. The summed E-state index contributed by atoms with van der Waals surface area (Å²) in [5, 5.41) is 4.29. The van der Waals surface area contributed by atoms with Gasteiger partial charge in [0, 0.05) is 11.1 Å². The van der Waals surface area contributed by atoms with Gasteiger partial charge in [0.1, 0.15) is 23.1 Å². The Morgan fingerprint density at radius 2 is 2.04 bits per heavy atom. The quantitative estimate of drug-likeness (QED) is 0.503. The van der Waals surface area contributed by atoms with Gasteiger partial charge in [-0.2, -0.15) is 5.10 Å². The van der Waals surface area contributed by atoms with Gasteiger partial charge in [-0.25, -0.2) is 14.8 Å². The molecule has 1 aromatic heterocycles. The summed E-state index contributed by atoms with van der Waals surface area (Å²) in [7, 11) is 0. The van der Waals surface area contributed by atoms with Gasteiger partial charge in [-0.1, -0.05) is 41.7 Å². The van der Waals surface area contributed by atoms with Crippen LogP contribution >= 0.6 is 11.3 Å². The monoisotopic (exact) mass is 384 g/mol. The smallest absolute Gasteiger partial charge is 0.283 e. The molecule has 0 spiro atoms. The maximum Gasteiger partial charge on any atom is 0.283 e. The lowest BCUT2D eigenvalue weighted by Crippen LogP contribution is -2.17. The zero-order valence-corrected chi connectivity index (χ0v) is 15.3. The van der Waals surface area contributed by atoms with E-state index in [-0.39, 0.29) is 18.3 Å². The number of carbonyl (C=O) groups excluding carboxylic acids is 1. The topological polar surface area (TPSA) is 89.6 Å². The van der Waals surface area contributed by atoms with E-state index in [2.05, 4.69) is 15.5 Å². The van der Waals surface area contributed by atoms with Gasteiger partial charge < -0.3 is 10.5 Å². The number of para-hydroxylation sites is 1. The number of thiazole rings is 1. The number of hydrogen-bond donors (Lipinski definition) is 2. The highest BCUT2D eigenvalue weighted by Gasteiger charge is 2.13. The van der Waals surface area contributed by atoms with Crippen LogP contribution in [0.4, 0.5) is 9.52 Å². The lowest BCUT2D eigenvalue weighted by Gasteiger charge is -2.09. The molecule has 1 amide bonds. The normalized spacial score (nSPS) is 10.9. The molecule has 2 aromatic carbocycles. The molecule has 3 aromatic rings. The number of amides is 1. The fraction of sp³-hybridized carbons (Fsp3) is 0.105. The van der Waals surface area contributed by atoms with Gasteiger partial charge in [0.05, 0.1) is 11.9 Å². The summed E-state index contributed by atoms with van der Waals surface area (Å²) >= 11 is 1.10. The van der Waals surface area contributed by atoms with Gasteiger partial charge >= 0.3 is 0 Å². The molecule has 0 atom stereocenters. The first kappa shape index (κ1) is 18.5. The van der Waals surface area contributed by atoms with Crippen molar-refractivity contribution in [3.63, 3.8) is 0 Å². The molecule has 0 saturated carbocycles. The van der Waals surface area contributed by atoms with Crippen molar-refractivity contribution in [1.29, 1.82) is 0 Å². The summed E-state index contributed by atoms with van der Waals surface area (Å²) in [5.74, 6) is -0.185. The van der Waals surface area contributed by atoms with E-state index < -0.39 is 0 Å². The second-order valence-corrected chi connectivity index (χ2v) is 6.61. The lowest BCUT2D eigenvalue weighted by atomic mass is 10.2. The summed E-state index contributed by atoms with van der Waals surface area (Å²) in [4.78, 5) is 16.5. The highest BCUT2D eigenvalue weighted by molar-refractivity contribution is 7.17. The summed E-state index contributed by atoms with van der Waals surface area (Å²) in [6, 6.07) is 13.6. The minimum Gasteiger partial charge on any atom is -0.488 e. The van der Waals surface area contributed by atoms with Crippen molar-refractivity contribution in [1.82, 2.24) is 10.4 Å². The van der Waals surface area contributed by atoms with Crippen LogP contribution in [0.2, 0.25) is 0 Å². The van der Waals surface area contributed by atoms with Crippen LogP contribution in [0.5, 0.6) is 5.75 Å². The average molecular weight is 384 g/mol. The largest absolute Gasteiger partial charge is 0.488 e. The maximum atomic E-state index is 13.7. The van der Waals surface area contributed by atoms with E-state index in [0.29, 0.717) is 32.6 Å². The molecule has 0 saturated heterocycles. The number of aryl methyl sites for hydroxylation is 1. The highest BCUT2D eigenvalue weighted by Crippen LogP contribution is 2.20. The molecule has 6 nitrogen and oxygen atoms in total. The van der Waals surface area contributed by atoms with Crippen LogP contribution in [0.25, 0.3) is 0 Å². The number of hydrogen-bond acceptors (Lipinski definition) is 6. The Morgan fingerprint density at radius 1 is 1.30 bits per heavy atom. The summed E-state index contributed by atoms with van der Waals surface area (Å²) in [6.07, 6.45) is 1.47. The third-order valence-electron chi connectivity index (χ3n) is 3.65. The van der Waals surface area contributed by atoms with E-state index in [1.807, 2.05) is 6.07 Å². The minimum atomic E-state index is -0.386. The number of hydrazone groups is 1. The number of ether oxygens (including phenoxy) is 1. The Morgan fingerprint density at radius 3 is 2.78 bits per heavy atom. The summed E-state index contributed by atoms with van der Waals surface area (Å²) in [6.45, 7) is 1.79. The van der Waals surface area contributed by atoms with Crippen LogP contribution in [0.3, 0.4) is 0 Å². The molecule has 1 heterocycles. The molecule has 0 fully saturated rings. The molecule has 0 bridgehead atoms.